The van der Waals surface area contributed by atoms with Gasteiger partial charge >= 0.3 is 0 Å². The van der Waals surface area contributed by atoms with Crippen molar-refractivity contribution in [3.63, 3.8) is 0 Å². The Kier molecular flexibility index (Phi) is 2.35. The second-order valence-electron chi connectivity index (χ2n) is 2.87. The zero-order chi connectivity index (χ0) is 10.1. The predicted molar refractivity (Wildman–Crippen MR) is 51.2 cm³/mol. The highest BCUT2D eigenvalue weighted by Gasteiger charge is 2.12. The number of nitrogens with zero attached hydrogens (tertiary/aromatic N) is 4. The minimum absolute atomic E-state index is 0.122. The number of hydrogen-bond donors (Lipinski definition) is 0. The molecule has 2 heterocycles. The summed E-state index contributed by atoms with van der Waals surface area (Å²) < 4.78 is 6.92. The third-order valence-electron chi connectivity index (χ3n) is 2.00. The number of rotatable bonds is 2. The first-order valence-electron chi connectivity index (χ1n) is 4.11. The Hall–Kier alpha value is -1.20. The van der Waals surface area contributed by atoms with Crippen LogP contribution in [-0.4, -0.2) is 26.7 Å². The zero-order valence-electron chi connectivity index (χ0n) is 7.81. The summed E-state index contributed by atoms with van der Waals surface area (Å²) in [7, 11) is 1.62. The maximum atomic E-state index is 5.77. The molecule has 2 aromatic rings. The van der Waals surface area contributed by atoms with Crippen LogP contribution < -0.4 is 0 Å². The van der Waals surface area contributed by atoms with Gasteiger partial charge < -0.3 is 4.74 Å². The van der Waals surface area contributed by atoms with Gasteiger partial charge in [0.15, 0.2) is 11.5 Å². The van der Waals surface area contributed by atoms with Gasteiger partial charge in [-0.1, -0.05) is 11.6 Å². The highest BCUT2D eigenvalue weighted by atomic mass is 35.5. The van der Waals surface area contributed by atoms with Gasteiger partial charge in [0.05, 0.1) is 6.20 Å². The molecule has 0 aliphatic heterocycles. The molecule has 0 N–H and O–H groups in total. The van der Waals surface area contributed by atoms with Gasteiger partial charge in [-0.15, -0.1) is 10.2 Å². The van der Waals surface area contributed by atoms with E-state index in [4.69, 9.17) is 16.3 Å². The van der Waals surface area contributed by atoms with Gasteiger partial charge in [0, 0.05) is 13.3 Å². The molecule has 0 saturated heterocycles. The Morgan fingerprint density at radius 3 is 3.00 bits per heavy atom. The van der Waals surface area contributed by atoms with E-state index >= 15 is 0 Å². The number of halogens is 1. The summed E-state index contributed by atoms with van der Waals surface area (Å²) in [4.78, 5) is 3.91. The number of aromatic nitrogens is 4. The molecule has 0 saturated carbocycles. The molecule has 0 aliphatic carbocycles. The van der Waals surface area contributed by atoms with E-state index in [9.17, 15) is 0 Å². The molecule has 14 heavy (non-hydrogen) atoms. The summed E-state index contributed by atoms with van der Waals surface area (Å²) in [6, 6.07) is 0. The van der Waals surface area contributed by atoms with Crippen LogP contribution in [0, 0.1) is 0 Å². The first kappa shape index (κ1) is 9.36. The molecule has 2 rings (SSSR count). The van der Waals surface area contributed by atoms with Crippen LogP contribution in [0.1, 0.15) is 18.9 Å². The summed E-state index contributed by atoms with van der Waals surface area (Å²) in [6.45, 7) is 1.89. The van der Waals surface area contributed by atoms with Crippen LogP contribution in [0.4, 0.5) is 0 Å². The highest BCUT2D eigenvalue weighted by Crippen LogP contribution is 2.15. The third-order valence-corrected chi connectivity index (χ3v) is 2.20. The lowest BCUT2D eigenvalue weighted by Gasteiger charge is -2.06. The standard InChI is InChI=1S/C8H9ClN4O/c1-5(14-2)8-12-11-7-3-10-6(9)4-13(7)8/h3-5H,1-2H3. The number of fused-ring (bicyclic) bond motifs is 1. The van der Waals surface area contributed by atoms with Gasteiger partial charge in [0.1, 0.15) is 11.3 Å². The zero-order valence-corrected chi connectivity index (χ0v) is 8.56. The Bertz CT molecular complexity index is 456. The summed E-state index contributed by atoms with van der Waals surface area (Å²) in [5, 5.41) is 8.34. The van der Waals surface area contributed by atoms with Gasteiger partial charge in [-0.05, 0) is 6.92 Å². The molecule has 0 bridgehead atoms. The van der Waals surface area contributed by atoms with E-state index in [0.717, 1.165) is 0 Å². The monoisotopic (exact) mass is 212 g/mol. The molecule has 6 heteroatoms. The molecule has 0 aliphatic rings. The molecule has 0 amide bonds. The number of methoxy groups -OCH3 is 1. The van der Waals surface area contributed by atoms with E-state index in [1.54, 1.807) is 23.9 Å². The fourth-order valence-electron chi connectivity index (χ4n) is 1.18. The number of hydrogen-bond acceptors (Lipinski definition) is 4. The molecule has 0 fully saturated rings. The second kappa shape index (κ2) is 3.51. The van der Waals surface area contributed by atoms with Crippen molar-refractivity contribution in [1.29, 1.82) is 0 Å². The maximum Gasteiger partial charge on any atom is 0.179 e. The van der Waals surface area contributed by atoms with E-state index < -0.39 is 0 Å². The predicted octanol–water partition coefficient (Wildman–Crippen LogP) is 1.49. The highest BCUT2D eigenvalue weighted by molar-refractivity contribution is 6.29. The van der Waals surface area contributed by atoms with Crippen molar-refractivity contribution in [2.75, 3.05) is 7.11 Å². The van der Waals surface area contributed by atoms with Gasteiger partial charge in [0.2, 0.25) is 0 Å². The largest absolute Gasteiger partial charge is 0.374 e. The fraction of sp³-hybridized carbons (Fsp3) is 0.375. The van der Waals surface area contributed by atoms with Crippen LogP contribution in [0.5, 0.6) is 0 Å². The Labute approximate surface area is 85.7 Å². The summed E-state index contributed by atoms with van der Waals surface area (Å²) in [6.07, 6.45) is 3.12. The molecule has 1 atom stereocenters. The Morgan fingerprint density at radius 2 is 2.29 bits per heavy atom. The van der Waals surface area contributed by atoms with Crippen LogP contribution in [0.2, 0.25) is 5.15 Å². The normalized spacial score (nSPS) is 13.4. The van der Waals surface area contributed by atoms with E-state index in [1.807, 2.05) is 6.92 Å². The lowest BCUT2D eigenvalue weighted by molar-refractivity contribution is 0.111. The summed E-state index contributed by atoms with van der Waals surface area (Å²) in [5.74, 6) is 0.715. The molecule has 0 spiro atoms. The number of ether oxygens (including phenoxy) is 1. The lowest BCUT2D eigenvalue weighted by Crippen LogP contribution is -2.02. The van der Waals surface area contributed by atoms with Crippen molar-refractivity contribution in [2.24, 2.45) is 0 Å². The minimum Gasteiger partial charge on any atom is -0.374 e. The molecular formula is C8H9ClN4O. The molecular weight excluding hydrogens is 204 g/mol. The smallest absolute Gasteiger partial charge is 0.179 e. The Balaban J connectivity index is 2.61. The van der Waals surface area contributed by atoms with Crippen molar-refractivity contribution >= 4 is 17.2 Å². The van der Waals surface area contributed by atoms with Crippen molar-refractivity contribution in [3.8, 4) is 0 Å². The fourth-order valence-corrected chi connectivity index (χ4v) is 1.32. The van der Waals surface area contributed by atoms with Gasteiger partial charge in [-0.3, -0.25) is 4.40 Å². The quantitative estimate of drug-likeness (QED) is 0.757. The first-order chi connectivity index (χ1) is 6.72. The maximum absolute atomic E-state index is 5.77. The molecule has 0 radical (unpaired) electrons. The van der Waals surface area contributed by atoms with E-state index in [1.165, 1.54) is 0 Å². The van der Waals surface area contributed by atoms with Gasteiger partial charge in [-0.25, -0.2) is 4.98 Å². The Morgan fingerprint density at radius 1 is 1.50 bits per heavy atom. The van der Waals surface area contributed by atoms with Crippen LogP contribution in [0.25, 0.3) is 5.65 Å². The second-order valence-corrected chi connectivity index (χ2v) is 3.26. The van der Waals surface area contributed by atoms with Crippen molar-refractivity contribution in [1.82, 2.24) is 19.6 Å². The molecule has 2 aromatic heterocycles. The molecule has 74 valence electrons. The third kappa shape index (κ3) is 1.44. The van der Waals surface area contributed by atoms with Crippen LogP contribution in [0.3, 0.4) is 0 Å². The van der Waals surface area contributed by atoms with Crippen molar-refractivity contribution < 1.29 is 4.74 Å². The van der Waals surface area contributed by atoms with E-state index in [2.05, 4.69) is 15.2 Å². The summed E-state index contributed by atoms with van der Waals surface area (Å²) in [5.41, 5.74) is 0.660. The first-order valence-corrected chi connectivity index (χ1v) is 4.49. The van der Waals surface area contributed by atoms with E-state index in [-0.39, 0.29) is 6.10 Å². The molecule has 1 unspecified atom stereocenters. The van der Waals surface area contributed by atoms with Gasteiger partial charge in [0.25, 0.3) is 0 Å². The summed E-state index contributed by atoms with van der Waals surface area (Å²) >= 11 is 5.77. The van der Waals surface area contributed by atoms with E-state index in [0.29, 0.717) is 16.6 Å². The molecule has 0 aromatic carbocycles. The van der Waals surface area contributed by atoms with Crippen molar-refractivity contribution in [3.05, 3.63) is 23.4 Å². The van der Waals surface area contributed by atoms with Crippen molar-refractivity contribution in [2.45, 2.75) is 13.0 Å². The van der Waals surface area contributed by atoms with Crippen LogP contribution >= 0.6 is 11.6 Å². The lowest BCUT2D eigenvalue weighted by atomic mass is 10.4. The minimum atomic E-state index is -0.122. The topological polar surface area (TPSA) is 52.3 Å². The average Bonchev–Trinajstić information content (AvgIpc) is 2.59. The SMILES string of the molecule is COC(C)c1nnc2cnc(Cl)cn12. The van der Waals surface area contributed by atoms with Crippen LogP contribution in [-0.2, 0) is 4.74 Å². The molecule has 5 nitrogen and oxygen atoms in total. The van der Waals surface area contributed by atoms with Crippen LogP contribution in [0.15, 0.2) is 12.4 Å². The van der Waals surface area contributed by atoms with Gasteiger partial charge in [-0.2, -0.15) is 0 Å². The average molecular weight is 213 g/mol.